The van der Waals surface area contributed by atoms with Gasteiger partial charge >= 0.3 is 0 Å². The molecule has 0 spiro atoms. The Kier molecular flexibility index (Phi) is 5.60. The highest BCUT2D eigenvalue weighted by Crippen LogP contribution is 2.22. The summed E-state index contributed by atoms with van der Waals surface area (Å²) in [6.07, 6.45) is 0.139. The first-order valence-corrected chi connectivity index (χ1v) is 7.36. The fraction of sp³-hybridized carbons (Fsp3) is 0.176. The van der Waals surface area contributed by atoms with E-state index in [9.17, 15) is 9.59 Å². The van der Waals surface area contributed by atoms with Crippen LogP contribution in [0.15, 0.2) is 42.5 Å². The van der Waals surface area contributed by atoms with Gasteiger partial charge in [0, 0.05) is 17.6 Å². The molecule has 23 heavy (non-hydrogen) atoms. The molecule has 2 N–H and O–H groups in total. The maximum absolute atomic E-state index is 12.3. The molecule has 0 aliphatic heterocycles. The van der Waals surface area contributed by atoms with Crippen LogP contribution in [0.4, 0.5) is 5.69 Å². The summed E-state index contributed by atoms with van der Waals surface area (Å²) in [6.45, 7) is 0. The number of nitrogens with one attached hydrogen (secondary N) is 2. The third-order valence-electron chi connectivity index (χ3n) is 3.27. The van der Waals surface area contributed by atoms with Gasteiger partial charge in [-0.15, -0.1) is 0 Å². The molecule has 0 atom stereocenters. The Balaban J connectivity index is 2.19. The van der Waals surface area contributed by atoms with Crippen molar-refractivity contribution in [3.05, 3.63) is 58.6 Å². The number of amides is 2. The summed E-state index contributed by atoms with van der Waals surface area (Å²) in [5.41, 5.74) is 1.49. The predicted molar refractivity (Wildman–Crippen MR) is 90.2 cm³/mol. The molecule has 0 aromatic heterocycles. The van der Waals surface area contributed by atoms with Crippen LogP contribution in [0.3, 0.4) is 0 Å². The zero-order chi connectivity index (χ0) is 16.8. The van der Waals surface area contributed by atoms with E-state index in [1.54, 1.807) is 25.3 Å². The molecular weight excluding hydrogens is 316 g/mol. The normalized spacial score (nSPS) is 10.0. The van der Waals surface area contributed by atoms with Gasteiger partial charge in [0.25, 0.3) is 5.91 Å². The molecule has 2 rings (SSSR count). The Labute approximate surface area is 139 Å². The van der Waals surface area contributed by atoms with Crippen molar-refractivity contribution in [1.29, 1.82) is 0 Å². The molecule has 0 saturated heterocycles. The van der Waals surface area contributed by atoms with Crippen molar-refractivity contribution >= 4 is 29.1 Å². The van der Waals surface area contributed by atoms with Crippen LogP contribution in [0.5, 0.6) is 5.75 Å². The number of anilines is 1. The second-order valence-electron chi connectivity index (χ2n) is 4.81. The first kappa shape index (κ1) is 16.8. The highest BCUT2D eigenvalue weighted by molar-refractivity contribution is 6.31. The third-order valence-corrected chi connectivity index (χ3v) is 3.51. The topological polar surface area (TPSA) is 67.4 Å². The summed E-state index contributed by atoms with van der Waals surface area (Å²) in [5.74, 6) is 0.0762. The zero-order valence-corrected chi connectivity index (χ0v) is 13.6. The van der Waals surface area contributed by atoms with E-state index in [0.29, 0.717) is 22.0 Å². The van der Waals surface area contributed by atoms with Gasteiger partial charge in [-0.05, 0) is 24.3 Å². The molecule has 0 saturated carbocycles. The molecule has 0 radical (unpaired) electrons. The first-order valence-electron chi connectivity index (χ1n) is 6.98. The monoisotopic (exact) mass is 332 g/mol. The van der Waals surface area contributed by atoms with E-state index >= 15 is 0 Å². The minimum absolute atomic E-state index is 0.139. The van der Waals surface area contributed by atoms with Gasteiger partial charge in [0.1, 0.15) is 5.75 Å². The van der Waals surface area contributed by atoms with E-state index in [-0.39, 0.29) is 18.2 Å². The van der Waals surface area contributed by atoms with Crippen LogP contribution in [0, 0.1) is 0 Å². The number of hydrogen-bond acceptors (Lipinski definition) is 3. The lowest BCUT2D eigenvalue weighted by molar-refractivity contribution is -0.115. The third kappa shape index (κ3) is 4.23. The van der Waals surface area contributed by atoms with E-state index < -0.39 is 0 Å². The number of hydrogen-bond donors (Lipinski definition) is 2. The molecule has 0 unspecified atom stereocenters. The van der Waals surface area contributed by atoms with Crippen molar-refractivity contribution in [3.63, 3.8) is 0 Å². The van der Waals surface area contributed by atoms with Crippen molar-refractivity contribution in [1.82, 2.24) is 5.32 Å². The zero-order valence-electron chi connectivity index (χ0n) is 12.9. The van der Waals surface area contributed by atoms with Crippen LogP contribution in [0.25, 0.3) is 0 Å². The van der Waals surface area contributed by atoms with Gasteiger partial charge in [0.05, 0.1) is 24.8 Å². The Morgan fingerprint density at radius 3 is 2.61 bits per heavy atom. The lowest BCUT2D eigenvalue weighted by atomic mass is 10.1. The smallest absolute Gasteiger partial charge is 0.253 e. The van der Waals surface area contributed by atoms with Crippen molar-refractivity contribution < 1.29 is 14.3 Å². The van der Waals surface area contributed by atoms with Gasteiger partial charge < -0.3 is 15.4 Å². The van der Waals surface area contributed by atoms with Crippen LogP contribution in [-0.4, -0.2) is 26.0 Å². The summed E-state index contributed by atoms with van der Waals surface area (Å²) in [6, 6.07) is 12.0. The first-order chi connectivity index (χ1) is 11.0. The standard InChI is InChI=1S/C17H17ClN2O3/c1-19-17(22)13-10-12(18)7-8-14(13)20-16(21)9-11-5-3-4-6-15(11)23-2/h3-8,10H,9H2,1-2H3,(H,19,22)(H,20,21). The van der Waals surface area contributed by atoms with Gasteiger partial charge in [-0.25, -0.2) is 0 Å². The summed E-state index contributed by atoms with van der Waals surface area (Å²) in [7, 11) is 3.07. The lowest BCUT2D eigenvalue weighted by Crippen LogP contribution is -2.22. The van der Waals surface area contributed by atoms with Gasteiger partial charge in [0.15, 0.2) is 0 Å². The highest BCUT2D eigenvalue weighted by Gasteiger charge is 2.14. The van der Waals surface area contributed by atoms with E-state index in [2.05, 4.69) is 10.6 Å². The molecule has 6 heteroatoms. The van der Waals surface area contributed by atoms with Crippen LogP contribution in [-0.2, 0) is 11.2 Å². The largest absolute Gasteiger partial charge is 0.496 e. The second kappa shape index (κ2) is 7.65. The number of methoxy groups -OCH3 is 1. The average molecular weight is 333 g/mol. The number of rotatable bonds is 5. The maximum atomic E-state index is 12.3. The molecule has 0 bridgehead atoms. The van der Waals surface area contributed by atoms with E-state index in [4.69, 9.17) is 16.3 Å². The minimum Gasteiger partial charge on any atom is -0.496 e. The molecule has 0 aliphatic rings. The van der Waals surface area contributed by atoms with Crippen LogP contribution < -0.4 is 15.4 Å². The van der Waals surface area contributed by atoms with Crippen LogP contribution >= 0.6 is 11.6 Å². The second-order valence-corrected chi connectivity index (χ2v) is 5.24. The van der Waals surface area contributed by atoms with Gasteiger partial charge in [0.2, 0.25) is 5.91 Å². The van der Waals surface area contributed by atoms with E-state index in [0.717, 1.165) is 5.56 Å². The SMILES string of the molecule is CNC(=O)c1cc(Cl)ccc1NC(=O)Cc1ccccc1OC. The summed E-state index contributed by atoms with van der Waals surface area (Å²) in [5, 5.41) is 5.68. The van der Waals surface area contributed by atoms with Crippen LogP contribution in [0.2, 0.25) is 5.02 Å². The number of para-hydroxylation sites is 1. The van der Waals surface area contributed by atoms with Gasteiger partial charge in [-0.2, -0.15) is 0 Å². The Bertz CT molecular complexity index is 732. The number of carbonyl (C=O) groups excluding carboxylic acids is 2. The summed E-state index contributed by atoms with van der Waals surface area (Å²) >= 11 is 5.91. The van der Waals surface area contributed by atoms with Gasteiger partial charge in [-0.1, -0.05) is 29.8 Å². The van der Waals surface area contributed by atoms with E-state index in [1.165, 1.54) is 13.1 Å². The molecule has 2 aromatic rings. The Morgan fingerprint density at radius 1 is 1.17 bits per heavy atom. The molecule has 0 aliphatic carbocycles. The van der Waals surface area contributed by atoms with Crippen molar-refractivity contribution in [3.8, 4) is 5.75 Å². The highest BCUT2D eigenvalue weighted by atomic mass is 35.5. The van der Waals surface area contributed by atoms with Crippen molar-refractivity contribution in [2.24, 2.45) is 0 Å². The quantitative estimate of drug-likeness (QED) is 0.884. The molecule has 120 valence electrons. The summed E-state index contributed by atoms with van der Waals surface area (Å²) < 4.78 is 5.23. The Hall–Kier alpha value is -2.53. The number of carbonyl (C=O) groups is 2. The molecule has 2 amide bonds. The fourth-order valence-electron chi connectivity index (χ4n) is 2.16. The maximum Gasteiger partial charge on any atom is 0.253 e. The minimum atomic E-state index is -0.319. The van der Waals surface area contributed by atoms with Crippen molar-refractivity contribution in [2.75, 3.05) is 19.5 Å². The van der Waals surface area contributed by atoms with Gasteiger partial charge in [-0.3, -0.25) is 9.59 Å². The summed E-state index contributed by atoms with van der Waals surface area (Å²) in [4.78, 5) is 24.2. The molecule has 5 nitrogen and oxygen atoms in total. The number of halogens is 1. The number of benzene rings is 2. The lowest BCUT2D eigenvalue weighted by Gasteiger charge is -2.12. The molecule has 0 heterocycles. The van der Waals surface area contributed by atoms with Crippen molar-refractivity contribution in [2.45, 2.75) is 6.42 Å². The van der Waals surface area contributed by atoms with Crippen LogP contribution in [0.1, 0.15) is 15.9 Å². The van der Waals surface area contributed by atoms with E-state index in [1.807, 2.05) is 18.2 Å². The number of ether oxygens (including phenoxy) is 1. The molecule has 2 aromatic carbocycles. The predicted octanol–water partition coefficient (Wildman–Crippen LogP) is 2.89. The average Bonchev–Trinajstić information content (AvgIpc) is 2.56. The molecule has 0 fully saturated rings. The molecular formula is C17H17ClN2O3. The Morgan fingerprint density at radius 2 is 1.91 bits per heavy atom. The fourth-order valence-corrected chi connectivity index (χ4v) is 2.34.